The summed E-state index contributed by atoms with van der Waals surface area (Å²) in [7, 11) is 0. The van der Waals surface area contributed by atoms with Crippen molar-refractivity contribution in [2.75, 3.05) is 0 Å². The summed E-state index contributed by atoms with van der Waals surface area (Å²) < 4.78 is 6.50. The highest BCUT2D eigenvalue weighted by atomic mass is 32.1. The number of aryl methyl sites for hydroxylation is 2. The van der Waals surface area contributed by atoms with Gasteiger partial charge in [-0.25, -0.2) is 14.8 Å². The monoisotopic (exact) mass is 589 g/mol. The Kier molecular flexibility index (Phi) is 8.24. The van der Waals surface area contributed by atoms with Crippen molar-refractivity contribution < 1.29 is 4.52 Å². The molecule has 0 fully saturated rings. The van der Waals surface area contributed by atoms with Crippen molar-refractivity contribution in [2.24, 2.45) is 0 Å². The third kappa shape index (κ3) is 6.17. The molecule has 0 amide bonds. The van der Waals surface area contributed by atoms with Crippen LogP contribution in [0, 0.1) is 6.92 Å². The van der Waals surface area contributed by atoms with Crippen molar-refractivity contribution in [2.45, 2.75) is 46.1 Å². The van der Waals surface area contributed by atoms with Gasteiger partial charge in [0, 0.05) is 34.2 Å². The van der Waals surface area contributed by atoms with Crippen LogP contribution in [0.25, 0.3) is 33.1 Å². The van der Waals surface area contributed by atoms with E-state index in [4.69, 9.17) is 9.51 Å². The fourth-order valence-corrected chi connectivity index (χ4v) is 6.12. The lowest BCUT2D eigenvalue weighted by atomic mass is 9.96. The second kappa shape index (κ2) is 12.5. The number of aromatic nitrogens is 5. The molecule has 0 spiro atoms. The van der Waals surface area contributed by atoms with Crippen LogP contribution in [-0.2, 0) is 19.4 Å². The fourth-order valence-electron chi connectivity index (χ4n) is 5.22. The molecule has 8 nitrogen and oxygen atoms in total. The number of unbranched alkanes of at least 4 members (excludes halogenated alkanes) is 1. The summed E-state index contributed by atoms with van der Waals surface area (Å²) in [6.07, 6.45) is 5.11. The number of nitrogens with one attached hydrogen (secondary N) is 1. The van der Waals surface area contributed by atoms with E-state index < -0.39 is 5.76 Å². The van der Waals surface area contributed by atoms with E-state index in [1.54, 1.807) is 15.9 Å². The largest absolute Gasteiger partial charge is 0.439 e. The molecule has 0 aliphatic heterocycles. The van der Waals surface area contributed by atoms with E-state index in [9.17, 15) is 9.59 Å². The highest BCUT2D eigenvalue weighted by Crippen LogP contribution is 2.30. The minimum Gasteiger partial charge on any atom is -0.296 e. The predicted octanol–water partition coefficient (Wildman–Crippen LogP) is 6.67. The molecule has 6 rings (SSSR count). The summed E-state index contributed by atoms with van der Waals surface area (Å²) in [4.78, 5) is 38.7. The van der Waals surface area contributed by atoms with Crippen molar-refractivity contribution in [3.63, 3.8) is 0 Å². The number of hydrogen-bond donors (Lipinski definition) is 1. The van der Waals surface area contributed by atoms with Crippen molar-refractivity contribution in [3.05, 3.63) is 133 Å². The summed E-state index contributed by atoms with van der Waals surface area (Å²) in [6, 6.07) is 25.9. The van der Waals surface area contributed by atoms with Crippen LogP contribution >= 0.6 is 11.3 Å². The summed E-state index contributed by atoms with van der Waals surface area (Å²) in [5.41, 5.74) is 6.35. The summed E-state index contributed by atoms with van der Waals surface area (Å²) in [6.45, 7) is 4.49. The maximum atomic E-state index is 14.0. The van der Waals surface area contributed by atoms with Crippen molar-refractivity contribution in [1.29, 1.82) is 0 Å². The molecule has 0 radical (unpaired) electrons. The average Bonchev–Trinajstić information content (AvgIpc) is 3.70. The maximum Gasteiger partial charge on any atom is 0.439 e. The molecule has 0 unspecified atom stereocenters. The number of benzene rings is 3. The SMILES string of the molecule is CCCCc1nc(C)n(Cc2cnc(-c3ccccc3)s2)c(=O)c1Cc1ccc(-c2ccccc2-c2noc(=O)[nH]2)cc1. The minimum atomic E-state index is -0.594. The van der Waals surface area contributed by atoms with Crippen molar-refractivity contribution in [3.8, 4) is 33.1 Å². The first kappa shape index (κ1) is 28.2. The van der Waals surface area contributed by atoms with Gasteiger partial charge in [-0.05, 0) is 36.5 Å². The summed E-state index contributed by atoms with van der Waals surface area (Å²) in [5, 5.41) is 4.80. The van der Waals surface area contributed by atoms with Gasteiger partial charge in [-0.1, -0.05) is 97.4 Å². The van der Waals surface area contributed by atoms with Crippen LogP contribution in [0.3, 0.4) is 0 Å². The minimum absolute atomic E-state index is 0.00215. The average molecular weight is 590 g/mol. The Hall–Kier alpha value is -4.89. The second-order valence-electron chi connectivity index (χ2n) is 10.4. The number of hydrogen-bond acceptors (Lipinski definition) is 7. The highest BCUT2D eigenvalue weighted by Gasteiger charge is 2.17. The van der Waals surface area contributed by atoms with Crippen LogP contribution in [-0.4, -0.2) is 24.7 Å². The van der Waals surface area contributed by atoms with Crippen LogP contribution in [0.2, 0.25) is 0 Å². The zero-order chi connectivity index (χ0) is 29.8. The molecule has 0 saturated carbocycles. The number of H-pyrrole nitrogens is 1. The van der Waals surface area contributed by atoms with E-state index in [0.29, 0.717) is 24.6 Å². The normalized spacial score (nSPS) is 11.2. The predicted molar refractivity (Wildman–Crippen MR) is 169 cm³/mol. The molecule has 0 saturated heterocycles. The Balaban J connectivity index is 1.30. The lowest BCUT2D eigenvalue weighted by molar-refractivity contribution is 0.388. The Morgan fingerprint density at radius 2 is 1.65 bits per heavy atom. The molecular weight excluding hydrogens is 558 g/mol. The van der Waals surface area contributed by atoms with E-state index >= 15 is 0 Å². The highest BCUT2D eigenvalue weighted by molar-refractivity contribution is 7.15. The van der Waals surface area contributed by atoms with Gasteiger partial charge in [0.15, 0.2) is 5.82 Å². The standard InChI is InChI=1S/C34H31N5O3S/c1-3-4-14-30-29(33(40)39(22(2)36-30)21-26-20-35-32(43-26)25-10-6-5-7-11-25)19-23-15-17-24(18-16-23)27-12-8-9-13-28(27)31-37-34(41)42-38-31/h5-13,15-18,20H,3-4,14,19,21H2,1-2H3,(H,37,38,41). The van der Waals surface area contributed by atoms with Crippen LogP contribution in [0.5, 0.6) is 0 Å². The van der Waals surface area contributed by atoms with Gasteiger partial charge in [-0.2, -0.15) is 0 Å². The van der Waals surface area contributed by atoms with Gasteiger partial charge in [-0.15, -0.1) is 11.3 Å². The van der Waals surface area contributed by atoms with Gasteiger partial charge in [-0.3, -0.25) is 18.9 Å². The van der Waals surface area contributed by atoms with Crippen LogP contribution < -0.4 is 11.3 Å². The second-order valence-corrected chi connectivity index (χ2v) is 11.6. The molecule has 3 heterocycles. The van der Waals surface area contributed by atoms with Gasteiger partial charge >= 0.3 is 5.76 Å². The zero-order valence-corrected chi connectivity index (χ0v) is 24.9. The summed E-state index contributed by atoms with van der Waals surface area (Å²) >= 11 is 1.60. The smallest absolute Gasteiger partial charge is 0.296 e. The third-order valence-corrected chi connectivity index (χ3v) is 8.49. The lowest BCUT2D eigenvalue weighted by Gasteiger charge is -2.15. The topological polar surface area (TPSA) is 107 Å². The molecule has 216 valence electrons. The first-order valence-corrected chi connectivity index (χ1v) is 15.2. The fraction of sp³-hybridized carbons (Fsp3) is 0.206. The first-order chi connectivity index (χ1) is 21.0. The molecule has 0 atom stereocenters. The van der Waals surface area contributed by atoms with Gasteiger partial charge in [0.25, 0.3) is 5.56 Å². The molecule has 6 aromatic rings. The van der Waals surface area contributed by atoms with Gasteiger partial charge < -0.3 is 0 Å². The molecule has 9 heteroatoms. The lowest BCUT2D eigenvalue weighted by Crippen LogP contribution is -2.29. The number of rotatable bonds is 10. The number of thiazole rings is 1. The molecule has 3 aromatic heterocycles. The van der Waals surface area contributed by atoms with Crippen LogP contribution in [0.4, 0.5) is 0 Å². The van der Waals surface area contributed by atoms with E-state index in [-0.39, 0.29) is 5.56 Å². The molecule has 43 heavy (non-hydrogen) atoms. The van der Waals surface area contributed by atoms with Crippen LogP contribution in [0.1, 0.15) is 47.3 Å². The quantitative estimate of drug-likeness (QED) is 0.191. The Morgan fingerprint density at radius 3 is 2.37 bits per heavy atom. The van der Waals surface area contributed by atoms with Gasteiger partial charge in [0.05, 0.1) is 12.2 Å². The van der Waals surface area contributed by atoms with E-state index in [2.05, 4.69) is 22.0 Å². The van der Waals surface area contributed by atoms with Gasteiger partial charge in [0.1, 0.15) is 10.8 Å². The molecule has 0 bridgehead atoms. The Morgan fingerprint density at radius 1 is 0.907 bits per heavy atom. The molecule has 3 aromatic carbocycles. The van der Waals surface area contributed by atoms with Crippen molar-refractivity contribution >= 4 is 11.3 Å². The zero-order valence-electron chi connectivity index (χ0n) is 24.0. The number of aromatic amines is 1. The van der Waals surface area contributed by atoms with Crippen LogP contribution in [0.15, 0.2) is 99.2 Å². The van der Waals surface area contributed by atoms with E-state index in [1.807, 2.05) is 92.0 Å². The Labute approximate surface area is 252 Å². The van der Waals surface area contributed by atoms with E-state index in [1.165, 1.54) is 0 Å². The molecule has 0 aliphatic rings. The van der Waals surface area contributed by atoms with E-state index in [0.717, 1.165) is 68.2 Å². The van der Waals surface area contributed by atoms with Gasteiger partial charge in [0.2, 0.25) is 0 Å². The van der Waals surface area contributed by atoms with Crippen molar-refractivity contribution in [1.82, 2.24) is 24.7 Å². The molecule has 1 N–H and O–H groups in total. The number of nitrogens with zero attached hydrogens (tertiary/aromatic N) is 4. The Bertz CT molecular complexity index is 1970. The third-order valence-electron chi connectivity index (χ3n) is 7.46. The molecular formula is C34H31N5O3S. The molecule has 0 aliphatic carbocycles. The first-order valence-electron chi connectivity index (χ1n) is 14.3. The summed E-state index contributed by atoms with van der Waals surface area (Å²) in [5.74, 6) is 0.504. The maximum absolute atomic E-state index is 14.0.